The van der Waals surface area contributed by atoms with Crippen molar-refractivity contribution in [2.75, 3.05) is 0 Å². The van der Waals surface area contributed by atoms with Gasteiger partial charge in [0.1, 0.15) is 0 Å². The van der Waals surface area contributed by atoms with Gasteiger partial charge in [-0.1, -0.05) is 37.3 Å². The fourth-order valence-corrected chi connectivity index (χ4v) is 8.92. The first-order chi connectivity index (χ1) is 13.5. The van der Waals surface area contributed by atoms with E-state index in [-0.39, 0.29) is 16.9 Å². The number of hydrogen-bond donors (Lipinski definition) is 1. The van der Waals surface area contributed by atoms with Crippen LogP contribution in [0.1, 0.15) is 75.1 Å². The smallest absolute Gasteiger partial charge is 0.166 e. The first-order valence-corrected chi connectivity index (χ1v) is 11.8. The molecule has 5 saturated carbocycles. The van der Waals surface area contributed by atoms with Gasteiger partial charge in [0.15, 0.2) is 5.78 Å². The standard InChI is InChI=1S/C26H34O2/c1-25-13-11-17-18-12-14-26(28)15-23(26)20(18)8-7-19(17)21(25)9-10-22(25)24(27)16-5-3-2-4-6-16/h2-6,17-23,28H,7-15H2,1H3/t17-,18-,19-,20+,21+,22-,23?,25+,26+/m1/s1. The zero-order chi connectivity index (χ0) is 19.1. The summed E-state index contributed by atoms with van der Waals surface area (Å²) >= 11 is 0. The number of aliphatic hydroxyl groups is 1. The van der Waals surface area contributed by atoms with Crippen molar-refractivity contribution >= 4 is 5.78 Å². The van der Waals surface area contributed by atoms with E-state index in [1.165, 1.54) is 38.5 Å². The lowest BCUT2D eigenvalue weighted by atomic mass is 9.49. The average Bonchev–Trinajstić information content (AvgIpc) is 3.29. The lowest BCUT2D eigenvalue weighted by Crippen LogP contribution is -2.50. The van der Waals surface area contributed by atoms with Crippen LogP contribution in [0.2, 0.25) is 0 Å². The molecule has 5 aliphatic carbocycles. The van der Waals surface area contributed by atoms with Crippen molar-refractivity contribution < 1.29 is 9.90 Å². The molecule has 2 nitrogen and oxygen atoms in total. The molecule has 1 N–H and O–H groups in total. The van der Waals surface area contributed by atoms with Crippen molar-refractivity contribution in [3.63, 3.8) is 0 Å². The van der Waals surface area contributed by atoms with Gasteiger partial charge in [0.2, 0.25) is 0 Å². The summed E-state index contributed by atoms with van der Waals surface area (Å²) in [7, 11) is 0. The van der Waals surface area contributed by atoms with E-state index in [1.807, 2.05) is 30.3 Å². The number of benzene rings is 1. The molecule has 0 amide bonds. The van der Waals surface area contributed by atoms with Crippen LogP contribution in [0.25, 0.3) is 0 Å². The van der Waals surface area contributed by atoms with Gasteiger partial charge in [0.25, 0.3) is 0 Å². The second-order valence-corrected chi connectivity index (χ2v) is 11.2. The Hall–Kier alpha value is -1.15. The first kappa shape index (κ1) is 17.7. The average molecular weight is 379 g/mol. The molecule has 6 rings (SSSR count). The maximum atomic E-state index is 13.4. The fourth-order valence-electron chi connectivity index (χ4n) is 8.92. The Morgan fingerprint density at radius 3 is 2.29 bits per heavy atom. The largest absolute Gasteiger partial charge is 0.390 e. The molecule has 28 heavy (non-hydrogen) atoms. The normalized spacial score (nSPS) is 51.4. The van der Waals surface area contributed by atoms with Gasteiger partial charge in [0.05, 0.1) is 5.60 Å². The third-order valence-corrected chi connectivity index (χ3v) is 10.3. The second-order valence-electron chi connectivity index (χ2n) is 11.2. The van der Waals surface area contributed by atoms with Crippen LogP contribution in [-0.2, 0) is 0 Å². The van der Waals surface area contributed by atoms with Gasteiger partial charge in [-0.3, -0.25) is 4.79 Å². The molecule has 0 spiro atoms. The van der Waals surface area contributed by atoms with Crippen LogP contribution in [0.4, 0.5) is 0 Å². The topological polar surface area (TPSA) is 37.3 Å². The Kier molecular flexibility index (Phi) is 3.75. The summed E-state index contributed by atoms with van der Waals surface area (Å²) in [5.41, 5.74) is 0.855. The Labute approximate surface area is 169 Å². The Morgan fingerprint density at radius 2 is 1.54 bits per heavy atom. The van der Waals surface area contributed by atoms with E-state index in [1.54, 1.807) is 0 Å². The lowest BCUT2D eigenvalue weighted by Gasteiger charge is -2.56. The van der Waals surface area contributed by atoms with Crippen LogP contribution >= 0.6 is 0 Å². The van der Waals surface area contributed by atoms with Crippen LogP contribution in [0.3, 0.4) is 0 Å². The summed E-state index contributed by atoms with van der Waals surface area (Å²) < 4.78 is 0. The second kappa shape index (κ2) is 5.94. The van der Waals surface area contributed by atoms with E-state index in [0.29, 0.717) is 11.7 Å². The molecule has 5 aliphatic rings. The highest BCUT2D eigenvalue weighted by Gasteiger charge is 2.65. The number of ketones is 1. The molecule has 1 unspecified atom stereocenters. The van der Waals surface area contributed by atoms with Gasteiger partial charge in [-0.15, -0.1) is 0 Å². The van der Waals surface area contributed by atoms with Crippen molar-refractivity contribution in [3.8, 4) is 0 Å². The molecule has 0 heterocycles. The molecule has 0 radical (unpaired) electrons. The minimum atomic E-state index is -0.266. The maximum Gasteiger partial charge on any atom is 0.166 e. The van der Waals surface area contributed by atoms with Gasteiger partial charge >= 0.3 is 0 Å². The third kappa shape index (κ3) is 2.33. The molecule has 1 aromatic rings. The molecule has 0 aliphatic heterocycles. The van der Waals surface area contributed by atoms with E-state index >= 15 is 0 Å². The van der Waals surface area contributed by atoms with Crippen molar-refractivity contribution in [1.82, 2.24) is 0 Å². The zero-order valence-corrected chi connectivity index (χ0v) is 17.1. The molecular weight excluding hydrogens is 344 g/mol. The molecule has 0 aromatic heterocycles. The van der Waals surface area contributed by atoms with E-state index in [4.69, 9.17) is 0 Å². The number of Topliss-reactive ketones (excluding diaryl/α,β-unsaturated/α-hetero) is 1. The van der Waals surface area contributed by atoms with E-state index in [0.717, 1.165) is 54.4 Å². The molecule has 9 atom stereocenters. The fraction of sp³-hybridized carbons (Fsp3) is 0.731. The monoisotopic (exact) mass is 378 g/mol. The van der Waals surface area contributed by atoms with Crippen LogP contribution < -0.4 is 0 Å². The van der Waals surface area contributed by atoms with Gasteiger partial charge in [-0.05, 0) is 98.7 Å². The number of fused-ring (bicyclic) bond motifs is 7. The highest BCUT2D eigenvalue weighted by atomic mass is 16.3. The van der Waals surface area contributed by atoms with Gasteiger partial charge in [0, 0.05) is 11.5 Å². The van der Waals surface area contributed by atoms with Crippen molar-refractivity contribution in [3.05, 3.63) is 35.9 Å². The molecule has 0 saturated heterocycles. The minimum Gasteiger partial charge on any atom is -0.390 e. The summed E-state index contributed by atoms with van der Waals surface area (Å²) in [6.07, 6.45) is 11.0. The molecule has 0 bridgehead atoms. The highest BCUT2D eigenvalue weighted by Crippen LogP contribution is 2.68. The quantitative estimate of drug-likeness (QED) is 0.690. The van der Waals surface area contributed by atoms with Crippen LogP contribution in [0.15, 0.2) is 30.3 Å². The van der Waals surface area contributed by atoms with E-state index < -0.39 is 0 Å². The molecule has 5 fully saturated rings. The van der Waals surface area contributed by atoms with Crippen molar-refractivity contribution in [2.45, 2.75) is 70.3 Å². The van der Waals surface area contributed by atoms with E-state index in [9.17, 15) is 9.90 Å². The number of carbonyl (C=O) groups is 1. The van der Waals surface area contributed by atoms with Gasteiger partial charge in [-0.25, -0.2) is 0 Å². The zero-order valence-electron chi connectivity index (χ0n) is 17.1. The van der Waals surface area contributed by atoms with Crippen LogP contribution in [0, 0.1) is 46.8 Å². The summed E-state index contributed by atoms with van der Waals surface area (Å²) in [5.74, 6) is 5.34. The summed E-state index contributed by atoms with van der Waals surface area (Å²) in [6, 6.07) is 10.0. The number of carbonyl (C=O) groups excluding carboxylic acids is 1. The van der Waals surface area contributed by atoms with Gasteiger partial charge < -0.3 is 5.11 Å². The highest BCUT2D eigenvalue weighted by molar-refractivity contribution is 5.98. The van der Waals surface area contributed by atoms with Crippen molar-refractivity contribution in [2.24, 2.45) is 46.8 Å². The van der Waals surface area contributed by atoms with Crippen LogP contribution in [-0.4, -0.2) is 16.5 Å². The Balaban J connectivity index is 1.25. The predicted molar refractivity (Wildman–Crippen MR) is 110 cm³/mol. The van der Waals surface area contributed by atoms with E-state index in [2.05, 4.69) is 6.92 Å². The third-order valence-electron chi connectivity index (χ3n) is 10.3. The number of hydrogen-bond acceptors (Lipinski definition) is 2. The van der Waals surface area contributed by atoms with Crippen molar-refractivity contribution in [1.29, 1.82) is 0 Å². The summed E-state index contributed by atoms with van der Waals surface area (Å²) in [4.78, 5) is 13.4. The Bertz CT molecular complexity index is 787. The maximum absolute atomic E-state index is 13.4. The summed E-state index contributed by atoms with van der Waals surface area (Å²) in [5, 5.41) is 10.6. The molecular formula is C26H34O2. The Morgan fingerprint density at radius 1 is 0.857 bits per heavy atom. The number of rotatable bonds is 2. The summed E-state index contributed by atoms with van der Waals surface area (Å²) in [6.45, 7) is 2.46. The van der Waals surface area contributed by atoms with Gasteiger partial charge in [-0.2, -0.15) is 0 Å². The SMILES string of the molecule is C[C@]12CC[C@@H]3[C@H]4CC[C@]5(O)CC5[C@H]4CC[C@H]3[C@@H]1CC[C@@H]2C(=O)c1ccccc1. The minimum absolute atomic E-state index is 0.204. The predicted octanol–water partition coefficient (Wildman–Crippen LogP) is 5.50. The van der Waals surface area contributed by atoms with Crippen LogP contribution in [0.5, 0.6) is 0 Å². The lowest BCUT2D eigenvalue weighted by molar-refractivity contribution is -0.0764. The molecule has 1 aromatic carbocycles. The molecule has 150 valence electrons. The first-order valence-electron chi connectivity index (χ1n) is 11.8. The molecule has 2 heteroatoms.